The molecule has 2 aromatic heterocycles. The number of aromatic nitrogens is 5. The van der Waals surface area contributed by atoms with Gasteiger partial charge in [0.05, 0.1) is 28.9 Å². The van der Waals surface area contributed by atoms with E-state index in [1.165, 1.54) is 11.0 Å². The predicted molar refractivity (Wildman–Crippen MR) is 111 cm³/mol. The van der Waals surface area contributed by atoms with Crippen LogP contribution in [-0.2, 0) is 14.3 Å². The van der Waals surface area contributed by atoms with Gasteiger partial charge in [0.1, 0.15) is 12.9 Å². The van der Waals surface area contributed by atoms with Crippen LogP contribution in [-0.4, -0.2) is 96.0 Å². The van der Waals surface area contributed by atoms with Crippen molar-refractivity contribution in [2.45, 2.75) is 32.0 Å². The smallest absolute Gasteiger partial charge is 0.336 e. The van der Waals surface area contributed by atoms with Crippen LogP contribution in [0.5, 0.6) is 0 Å². The molecule has 2 fully saturated rings. The van der Waals surface area contributed by atoms with Crippen molar-refractivity contribution in [3.63, 3.8) is 0 Å². The highest BCUT2D eigenvalue weighted by atomic mass is 16.5. The molecule has 0 aliphatic carbocycles. The van der Waals surface area contributed by atoms with Crippen LogP contribution in [0.15, 0.2) is 35.9 Å². The SMILES string of the molecule is CC1=C(N2CCC3(CCN(C[C@H](O)c4ccc(-n5cnnn5)nc4)CC3O)C2=O)COC1=O. The Labute approximate surface area is 189 Å². The van der Waals surface area contributed by atoms with E-state index in [1.54, 1.807) is 30.2 Å². The van der Waals surface area contributed by atoms with E-state index in [0.717, 1.165) is 0 Å². The molecule has 0 bridgehead atoms. The van der Waals surface area contributed by atoms with E-state index in [4.69, 9.17) is 4.74 Å². The second-order valence-corrected chi connectivity index (χ2v) is 8.76. The van der Waals surface area contributed by atoms with Gasteiger partial charge >= 0.3 is 5.97 Å². The zero-order valence-electron chi connectivity index (χ0n) is 18.2. The van der Waals surface area contributed by atoms with Crippen molar-refractivity contribution in [3.8, 4) is 5.82 Å². The van der Waals surface area contributed by atoms with E-state index in [1.807, 2.05) is 4.90 Å². The monoisotopic (exact) mass is 455 g/mol. The van der Waals surface area contributed by atoms with Gasteiger partial charge in [-0.1, -0.05) is 6.07 Å². The van der Waals surface area contributed by atoms with Gasteiger partial charge in [0.15, 0.2) is 5.82 Å². The average Bonchev–Trinajstić information content (AvgIpc) is 3.54. The number of amides is 1. The minimum absolute atomic E-state index is 0.0984. The summed E-state index contributed by atoms with van der Waals surface area (Å²) in [5, 5.41) is 32.6. The number of aliphatic hydroxyl groups is 2. The second kappa shape index (κ2) is 8.28. The third-order valence-corrected chi connectivity index (χ3v) is 6.97. The summed E-state index contributed by atoms with van der Waals surface area (Å²) in [6.07, 6.45) is 2.35. The molecular formula is C21H25N7O5. The molecule has 2 aromatic rings. The lowest BCUT2D eigenvalue weighted by Crippen LogP contribution is -2.55. The zero-order chi connectivity index (χ0) is 23.2. The summed E-state index contributed by atoms with van der Waals surface area (Å²) in [6, 6.07) is 3.48. The Balaban J connectivity index is 1.22. The number of aliphatic hydroxyl groups excluding tert-OH is 2. The van der Waals surface area contributed by atoms with E-state index in [9.17, 15) is 19.8 Å². The summed E-state index contributed by atoms with van der Waals surface area (Å²) in [7, 11) is 0. The van der Waals surface area contributed by atoms with Gasteiger partial charge < -0.3 is 19.8 Å². The number of piperidine rings is 1. The minimum Gasteiger partial charge on any atom is -0.456 e. The molecule has 1 amide bonds. The van der Waals surface area contributed by atoms with E-state index in [0.29, 0.717) is 55.1 Å². The quantitative estimate of drug-likeness (QED) is 0.550. The molecule has 33 heavy (non-hydrogen) atoms. The van der Waals surface area contributed by atoms with Gasteiger partial charge in [0.25, 0.3) is 0 Å². The number of esters is 1. The number of hydrogen-bond acceptors (Lipinski definition) is 10. The highest BCUT2D eigenvalue weighted by Crippen LogP contribution is 2.44. The molecule has 1 spiro atoms. The molecule has 5 rings (SSSR count). The van der Waals surface area contributed by atoms with Crippen LogP contribution in [0.4, 0.5) is 0 Å². The topological polar surface area (TPSA) is 147 Å². The third kappa shape index (κ3) is 3.69. The summed E-state index contributed by atoms with van der Waals surface area (Å²) in [6.45, 7) is 3.37. The maximum atomic E-state index is 13.3. The highest BCUT2D eigenvalue weighted by Gasteiger charge is 2.55. The van der Waals surface area contributed by atoms with Crippen molar-refractivity contribution in [3.05, 3.63) is 41.5 Å². The van der Waals surface area contributed by atoms with Crippen molar-refractivity contribution in [2.75, 3.05) is 32.8 Å². The first-order valence-corrected chi connectivity index (χ1v) is 10.9. The summed E-state index contributed by atoms with van der Waals surface area (Å²) in [4.78, 5) is 32.8. The van der Waals surface area contributed by atoms with E-state index in [2.05, 4.69) is 20.5 Å². The first-order valence-electron chi connectivity index (χ1n) is 10.9. The van der Waals surface area contributed by atoms with Gasteiger partial charge in [0.2, 0.25) is 5.91 Å². The first kappa shape index (κ1) is 21.6. The number of tetrazole rings is 1. The fourth-order valence-corrected chi connectivity index (χ4v) is 4.88. The molecule has 3 atom stereocenters. The number of carbonyl (C=O) groups is 2. The van der Waals surface area contributed by atoms with E-state index in [-0.39, 0.29) is 19.1 Å². The van der Waals surface area contributed by atoms with Crippen LogP contribution in [0.1, 0.15) is 31.4 Å². The number of β-amino-alcohol motifs (C(OH)–C–C–N with tert-alkyl or cyclic N) is 2. The molecule has 0 saturated carbocycles. The van der Waals surface area contributed by atoms with Crippen LogP contribution in [0, 0.1) is 5.41 Å². The maximum Gasteiger partial charge on any atom is 0.336 e. The number of likely N-dealkylation sites (tertiary alicyclic amines) is 2. The first-order chi connectivity index (χ1) is 15.9. The lowest BCUT2D eigenvalue weighted by Gasteiger charge is -2.42. The van der Waals surface area contributed by atoms with Crippen LogP contribution < -0.4 is 0 Å². The average molecular weight is 455 g/mol. The molecule has 0 aromatic carbocycles. The normalized spacial score (nSPS) is 27.0. The summed E-state index contributed by atoms with van der Waals surface area (Å²) in [5.74, 6) is -0.0101. The number of nitrogens with zero attached hydrogens (tertiary/aromatic N) is 7. The molecule has 3 aliphatic heterocycles. The van der Waals surface area contributed by atoms with Gasteiger partial charge in [-0.25, -0.2) is 9.78 Å². The zero-order valence-corrected chi connectivity index (χ0v) is 18.2. The van der Waals surface area contributed by atoms with Crippen molar-refractivity contribution in [1.29, 1.82) is 0 Å². The largest absolute Gasteiger partial charge is 0.456 e. The van der Waals surface area contributed by atoms with Gasteiger partial charge in [-0.05, 0) is 42.8 Å². The number of carbonyl (C=O) groups excluding carboxylic acids is 2. The molecular weight excluding hydrogens is 430 g/mol. The van der Waals surface area contributed by atoms with Crippen molar-refractivity contribution < 1.29 is 24.5 Å². The molecule has 0 radical (unpaired) electrons. The molecule has 12 heteroatoms. The fourth-order valence-electron chi connectivity index (χ4n) is 4.88. The van der Waals surface area contributed by atoms with Crippen molar-refractivity contribution in [2.24, 2.45) is 5.41 Å². The Morgan fingerprint density at radius 2 is 2.09 bits per heavy atom. The lowest BCUT2D eigenvalue weighted by molar-refractivity contribution is -0.146. The molecule has 2 saturated heterocycles. The van der Waals surface area contributed by atoms with Crippen LogP contribution in [0.2, 0.25) is 0 Å². The number of rotatable bonds is 5. The lowest BCUT2D eigenvalue weighted by atomic mass is 9.74. The Kier molecular flexibility index (Phi) is 5.43. The standard InChI is InChI=1S/C21H25N7O5/c1-13-15(11-33-19(13)31)27-7-5-21(20(27)32)4-6-26(10-17(21)30)9-16(29)14-2-3-18(22-8-14)28-12-23-24-25-28/h2-3,8,12,16-17,29-30H,4-7,9-11H2,1H3/t16-,17?,21?/m0/s1. The van der Waals surface area contributed by atoms with Crippen LogP contribution in [0.3, 0.4) is 0 Å². The molecule has 2 N–H and O–H groups in total. The van der Waals surface area contributed by atoms with E-state index < -0.39 is 23.6 Å². The van der Waals surface area contributed by atoms with Gasteiger partial charge in [-0.3, -0.25) is 9.69 Å². The Hall–Kier alpha value is -3.22. The summed E-state index contributed by atoms with van der Waals surface area (Å²) < 4.78 is 6.47. The Morgan fingerprint density at radius 1 is 1.27 bits per heavy atom. The van der Waals surface area contributed by atoms with Crippen LogP contribution in [0.25, 0.3) is 5.82 Å². The van der Waals surface area contributed by atoms with Crippen LogP contribution >= 0.6 is 0 Å². The maximum absolute atomic E-state index is 13.3. The molecule has 5 heterocycles. The van der Waals surface area contributed by atoms with Gasteiger partial charge in [-0.2, -0.15) is 4.68 Å². The number of pyridine rings is 1. The highest BCUT2D eigenvalue weighted by molar-refractivity contribution is 5.94. The van der Waals surface area contributed by atoms with Crippen molar-refractivity contribution in [1.82, 2.24) is 35.0 Å². The molecule has 174 valence electrons. The number of hydrogen-bond donors (Lipinski definition) is 2. The Bertz CT molecular complexity index is 1090. The Morgan fingerprint density at radius 3 is 2.73 bits per heavy atom. The third-order valence-electron chi connectivity index (χ3n) is 6.97. The number of cyclic esters (lactones) is 1. The summed E-state index contributed by atoms with van der Waals surface area (Å²) >= 11 is 0. The molecule has 2 unspecified atom stereocenters. The van der Waals surface area contributed by atoms with Crippen molar-refractivity contribution >= 4 is 11.9 Å². The fraction of sp³-hybridized carbons (Fsp3) is 0.524. The second-order valence-electron chi connectivity index (χ2n) is 8.76. The molecule has 3 aliphatic rings. The molecule has 12 nitrogen and oxygen atoms in total. The van der Waals surface area contributed by atoms with E-state index >= 15 is 0 Å². The number of ether oxygens (including phenoxy) is 1. The van der Waals surface area contributed by atoms with Gasteiger partial charge in [-0.15, -0.1) is 5.10 Å². The predicted octanol–water partition coefficient (Wildman–Crippen LogP) is -0.793. The summed E-state index contributed by atoms with van der Waals surface area (Å²) in [5.41, 5.74) is 0.827. The minimum atomic E-state index is -0.866. The van der Waals surface area contributed by atoms with Gasteiger partial charge in [0, 0.05) is 31.4 Å².